The molecule has 0 saturated heterocycles. The first kappa shape index (κ1) is 13.9. The third-order valence-electron chi connectivity index (χ3n) is 3.26. The van der Waals surface area contributed by atoms with Gasteiger partial charge in [-0.15, -0.1) is 0 Å². The molecular weight excluding hydrogens is 250 g/mol. The van der Waals surface area contributed by atoms with E-state index in [1.807, 2.05) is 43.0 Å². The topological polar surface area (TPSA) is 72.3 Å². The predicted octanol–water partition coefficient (Wildman–Crippen LogP) is 2.83. The number of aryl methyl sites for hydroxylation is 1. The molecule has 104 valence electrons. The van der Waals surface area contributed by atoms with Crippen LogP contribution in [0.3, 0.4) is 0 Å². The molecule has 0 atom stereocenters. The van der Waals surface area contributed by atoms with Crippen LogP contribution in [0.25, 0.3) is 0 Å². The highest BCUT2D eigenvalue weighted by Gasteiger charge is 2.17. The Hall–Kier alpha value is -2.49. The van der Waals surface area contributed by atoms with Crippen LogP contribution in [0, 0.1) is 6.92 Å². The lowest BCUT2D eigenvalue weighted by Crippen LogP contribution is -2.23. The van der Waals surface area contributed by atoms with Crippen molar-refractivity contribution in [3.8, 4) is 0 Å². The van der Waals surface area contributed by atoms with Crippen molar-refractivity contribution in [3.63, 3.8) is 0 Å². The maximum Gasteiger partial charge on any atom is 0.250 e. The number of nitrogens with two attached hydrogens (primary N) is 2. The van der Waals surface area contributed by atoms with E-state index in [0.717, 1.165) is 5.69 Å². The number of para-hydroxylation sites is 1. The molecule has 2 aromatic carbocycles. The molecule has 0 bridgehead atoms. The number of anilines is 3. The number of carbonyl (C=O) groups is 1. The minimum absolute atomic E-state index is 0.437. The third-order valence-corrected chi connectivity index (χ3v) is 3.26. The molecule has 2 rings (SSSR count). The lowest BCUT2D eigenvalue weighted by Gasteiger charge is -2.26. The molecule has 2 aromatic rings. The molecule has 0 radical (unpaired) electrons. The summed E-state index contributed by atoms with van der Waals surface area (Å²) in [5, 5.41) is 0. The average Bonchev–Trinajstić information content (AvgIpc) is 2.43. The van der Waals surface area contributed by atoms with E-state index in [4.69, 9.17) is 11.5 Å². The Morgan fingerprint density at radius 3 is 2.35 bits per heavy atom. The van der Waals surface area contributed by atoms with Gasteiger partial charge in [0.25, 0.3) is 5.91 Å². The molecule has 4 N–H and O–H groups in total. The Kier molecular flexibility index (Phi) is 3.94. The molecule has 20 heavy (non-hydrogen) atoms. The number of carbonyl (C=O) groups excluding carboxylic acids is 1. The predicted molar refractivity (Wildman–Crippen MR) is 83.2 cm³/mol. The molecule has 1 amide bonds. The second kappa shape index (κ2) is 5.65. The highest BCUT2D eigenvalue weighted by Crippen LogP contribution is 2.33. The highest BCUT2D eigenvalue weighted by atomic mass is 16.1. The molecule has 0 unspecified atom stereocenters. The van der Waals surface area contributed by atoms with Crippen molar-refractivity contribution in [3.05, 3.63) is 53.6 Å². The quantitative estimate of drug-likeness (QED) is 0.838. The molecular formula is C16H19N3O. The Morgan fingerprint density at radius 2 is 1.80 bits per heavy atom. The summed E-state index contributed by atoms with van der Waals surface area (Å²) in [6.45, 7) is 4.74. The zero-order chi connectivity index (χ0) is 14.7. The first-order valence-corrected chi connectivity index (χ1v) is 6.57. The van der Waals surface area contributed by atoms with Gasteiger partial charge in [0.1, 0.15) is 0 Å². The minimum Gasteiger partial charge on any atom is -0.397 e. The average molecular weight is 269 g/mol. The summed E-state index contributed by atoms with van der Waals surface area (Å²) in [6, 6.07) is 13.3. The van der Waals surface area contributed by atoms with E-state index >= 15 is 0 Å². The fraction of sp³-hybridized carbons (Fsp3) is 0.188. The zero-order valence-corrected chi connectivity index (χ0v) is 11.8. The van der Waals surface area contributed by atoms with Crippen LogP contribution in [0.4, 0.5) is 17.1 Å². The van der Waals surface area contributed by atoms with Crippen LogP contribution >= 0.6 is 0 Å². The zero-order valence-electron chi connectivity index (χ0n) is 11.8. The van der Waals surface area contributed by atoms with E-state index in [2.05, 4.69) is 0 Å². The van der Waals surface area contributed by atoms with Crippen LogP contribution in [0.15, 0.2) is 42.5 Å². The normalized spacial score (nSPS) is 10.3. The van der Waals surface area contributed by atoms with Gasteiger partial charge in [-0.05, 0) is 38.1 Å². The van der Waals surface area contributed by atoms with Gasteiger partial charge >= 0.3 is 0 Å². The molecule has 0 aromatic heterocycles. The molecule has 0 fully saturated rings. The standard InChI is InChI=1S/C16H19N3O/c1-3-19(12-9-7-11(2)8-10-12)15-13(16(18)20)5-4-6-14(15)17/h4-10H,3,17H2,1-2H3,(H2,18,20). The summed E-state index contributed by atoms with van der Waals surface area (Å²) in [6.07, 6.45) is 0. The van der Waals surface area contributed by atoms with Crippen molar-refractivity contribution in [2.75, 3.05) is 17.2 Å². The first-order chi connectivity index (χ1) is 9.54. The molecule has 0 saturated carbocycles. The van der Waals surface area contributed by atoms with Gasteiger partial charge in [0.2, 0.25) is 0 Å². The first-order valence-electron chi connectivity index (χ1n) is 6.57. The van der Waals surface area contributed by atoms with E-state index in [9.17, 15) is 4.79 Å². The number of hydrogen-bond acceptors (Lipinski definition) is 3. The summed E-state index contributed by atoms with van der Waals surface area (Å²) in [5.41, 5.74) is 15.3. The van der Waals surface area contributed by atoms with Gasteiger partial charge in [-0.25, -0.2) is 0 Å². The monoisotopic (exact) mass is 269 g/mol. The lowest BCUT2D eigenvalue weighted by atomic mass is 10.1. The van der Waals surface area contributed by atoms with Crippen LogP contribution < -0.4 is 16.4 Å². The molecule has 0 aliphatic rings. The third kappa shape index (κ3) is 2.59. The Balaban J connectivity index is 2.57. The number of rotatable bonds is 4. The van der Waals surface area contributed by atoms with E-state index in [-0.39, 0.29) is 0 Å². The molecule has 4 heteroatoms. The van der Waals surface area contributed by atoms with Crippen molar-refractivity contribution in [2.24, 2.45) is 5.73 Å². The van der Waals surface area contributed by atoms with Crippen LogP contribution in [-0.2, 0) is 0 Å². The molecule has 4 nitrogen and oxygen atoms in total. The van der Waals surface area contributed by atoms with E-state index in [0.29, 0.717) is 23.5 Å². The van der Waals surface area contributed by atoms with Crippen molar-refractivity contribution in [2.45, 2.75) is 13.8 Å². The largest absolute Gasteiger partial charge is 0.397 e. The molecule has 0 spiro atoms. The van der Waals surface area contributed by atoms with Gasteiger partial charge in [-0.3, -0.25) is 4.79 Å². The number of primary amides is 1. The van der Waals surface area contributed by atoms with Gasteiger partial charge in [-0.2, -0.15) is 0 Å². The summed E-state index contributed by atoms with van der Waals surface area (Å²) in [5.74, 6) is -0.474. The summed E-state index contributed by atoms with van der Waals surface area (Å²) < 4.78 is 0. The van der Waals surface area contributed by atoms with Crippen molar-refractivity contribution >= 4 is 23.0 Å². The summed E-state index contributed by atoms with van der Waals surface area (Å²) >= 11 is 0. The van der Waals surface area contributed by atoms with Gasteiger partial charge in [0.05, 0.1) is 16.9 Å². The summed E-state index contributed by atoms with van der Waals surface area (Å²) in [4.78, 5) is 13.6. The lowest BCUT2D eigenvalue weighted by molar-refractivity contribution is 0.100. The molecule has 0 aliphatic heterocycles. The Bertz CT molecular complexity index is 620. The van der Waals surface area contributed by atoms with Crippen LogP contribution in [0.5, 0.6) is 0 Å². The van der Waals surface area contributed by atoms with Gasteiger partial charge < -0.3 is 16.4 Å². The molecule has 0 aliphatic carbocycles. The van der Waals surface area contributed by atoms with Gasteiger partial charge in [0.15, 0.2) is 0 Å². The number of hydrogen-bond donors (Lipinski definition) is 2. The second-order valence-electron chi connectivity index (χ2n) is 4.69. The number of nitrogen functional groups attached to an aromatic ring is 1. The number of amides is 1. The highest BCUT2D eigenvalue weighted by molar-refractivity contribution is 6.02. The minimum atomic E-state index is -0.474. The van der Waals surface area contributed by atoms with E-state index in [1.54, 1.807) is 18.2 Å². The fourth-order valence-corrected chi connectivity index (χ4v) is 2.26. The van der Waals surface area contributed by atoms with E-state index < -0.39 is 5.91 Å². The van der Waals surface area contributed by atoms with Crippen molar-refractivity contribution in [1.29, 1.82) is 0 Å². The second-order valence-corrected chi connectivity index (χ2v) is 4.69. The Morgan fingerprint density at radius 1 is 1.15 bits per heavy atom. The number of benzene rings is 2. The van der Waals surface area contributed by atoms with Gasteiger partial charge in [0, 0.05) is 12.2 Å². The Labute approximate surface area is 119 Å². The maximum atomic E-state index is 11.6. The smallest absolute Gasteiger partial charge is 0.250 e. The maximum absolute atomic E-state index is 11.6. The van der Waals surface area contributed by atoms with Crippen molar-refractivity contribution < 1.29 is 4.79 Å². The van der Waals surface area contributed by atoms with E-state index in [1.165, 1.54) is 5.56 Å². The fourth-order valence-electron chi connectivity index (χ4n) is 2.26. The molecule has 0 heterocycles. The van der Waals surface area contributed by atoms with Crippen LogP contribution in [-0.4, -0.2) is 12.5 Å². The van der Waals surface area contributed by atoms with Crippen LogP contribution in [0.2, 0.25) is 0 Å². The van der Waals surface area contributed by atoms with Gasteiger partial charge in [-0.1, -0.05) is 23.8 Å². The van der Waals surface area contributed by atoms with Crippen molar-refractivity contribution in [1.82, 2.24) is 0 Å². The summed E-state index contributed by atoms with van der Waals surface area (Å²) in [7, 11) is 0. The number of nitrogens with zero attached hydrogens (tertiary/aromatic N) is 1. The SMILES string of the molecule is CCN(c1ccc(C)cc1)c1c(N)cccc1C(N)=O. The van der Waals surface area contributed by atoms with Crippen LogP contribution in [0.1, 0.15) is 22.8 Å².